The van der Waals surface area contributed by atoms with Gasteiger partial charge in [0.15, 0.2) is 5.11 Å². The number of ether oxygens (including phenoxy) is 1. The third-order valence-electron chi connectivity index (χ3n) is 4.26. The third kappa shape index (κ3) is 6.80. The number of anilines is 1. The van der Waals surface area contributed by atoms with Crippen molar-refractivity contribution >= 4 is 40.6 Å². The number of carbonyl (C=O) groups excluding carboxylic acids is 1. The van der Waals surface area contributed by atoms with E-state index in [1.54, 1.807) is 18.2 Å². The van der Waals surface area contributed by atoms with Crippen LogP contribution < -0.4 is 10.6 Å². The predicted octanol–water partition coefficient (Wildman–Crippen LogP) is 3.68. The lowest BCUT2D eigenvalue weighted by molar-refractivity contribution is 0.0601. The van der Waals surface area contributed by atoms with Crippen LogP contribution in [0.4, 0.5) is 5.69 Å². The molecule has 0 amide bonds. The zero-order valence-corrected chi connectivity index (χ0v) is 16.2. The second-order valence-electron chi connectivity index (χ2n) is 6.18. The summed E-state index contributed by atoms with van der Waals surface area (Å²) in [5, 5.41) is 7.18. The largest absolute Gasteiger partial charge is 0.465 e. The predicted molar refractivity (Wildman–Crippen MR) is 107 cm³/mol. The number of hydrogen-bond donors (Lipinski definition) is 2. The molecular formula is C18H26ClN3O2S. The smallest absolute Gasteiger partial charge is 0.339 e. The van der Waals surface area contributed by atoms with Crippen LogP contribution in [0.3, 0.4) is 0 Å². The first-order valence-electron chi connectivity index (χ1n) is 8.75. The van der Waals surface area contributed by atoms with Crippen LogP contribution in [-0.2, 0) is 4.74 Å². The summed E-state index contributed by atoms with van der Waals surface area (Å²) in [4.78, 5) is 14.2. The van der Waals surface area contributed by atoms with Gasteiger partial charge in [0, 0.05) is 12.2 Å². The van der Waals surface area contributed by atoms with Gasteiger partial charge in [-0.25, -0.2) is 4.79 Å². The Kier molecular flexibility index (Phi) is 8.44. The third-order valence-corrected chi connectivity index (χ3v) is 4.84. The lowest BCUT2D eigenvalue weighted by Gasteiger charge is -2.20. The highest BCUT2D eigenvalue weighted by atomic mass is 35.5. The second kappa shape index (κ2) is 10.6. The molecule has 0 spiro atoms. The monoisotopic (exact) mass is 383 g/mol. The Morgan fingerprint density at radius 2 is 2.00 bits per heavy atom. The molecule has 2 rings (SSSR count). The molecule has 138 valence electrons. The van der Waals surface area contributed by atoms with Crippen molar-refractivity contribution in [2.24, 2.45) is 0 Å². The van der Waals surface area contributed by atoms with E-state index in [9.17, 15) is 4.79 Å². The van der Waals surface area contributed by atoms with Crippen molar-refractivity contribution in [2.75, 3.05) is 38.6 Å². The summed E-state index contributed by atoms with van der Waals surface area (Å²) in [6.45, 7) is 4.34. The Labute approximate surface area is 160 Å². The van der Waals surface area contributed by atoms with Gasteiger partial charge in [0.2, 0.25) is 0 Å². The maximum atomic E-state index is 11.7. The highest BCUT2D eigenvalue weighted by molar-refractivity contribution is 7.80. The van der Waals surface area contributed by atoms with E-state index in [4.69, 9.17) is 28.6 Å². The number of nitrogens with zero attached hydrogens (tertiary/aromatic N) is 1. The number of hydrogen-bond acceptors (Lipinski definition) is 4. The molecule has 0 aromatic heterocycles. The van der Waals surface area contributed by atoms with E-state index in [-0.39, 0.29) is 0 Å². The molecule has 1 aliphatic rings. The summed E-state index contributed by atoms with van der Waals surface area (Å²) >= 11 is 11.3. The van der Waals surface area contributed by atoms with Gasteiger partial charge < -0.3 is 20.3 Å². The minimum atomic E-state index is -0.468. The molecule has 1 aromatic rings. The van der Waals surface area contributed by atoms with E-state index < -0.39 is 5.97 Å². The average molecular weight is 384 g/mol. The van der Waals surface area contributed by atoms with Gasteiger partial charge in [-0.15, -0.1) is 0 Å². The molecule has 0 unspecified atom stereocenters. The van der Waals surface area contributed by atoms with Crippen LogP contribution >= 0.6 is 23.8 Å². The number of methoxy groups -OCH3 is 1. The number of esters is 1. The van der Waals surface area contributed by atoms with Gasteiger partial charge in [-0.1, -0.05) is 24.4 Å². The first-order chi connectivity index (χ1) is 12.1. The standard InChI is InChI=1S/C18H26ClN3O2S/c1-24-17(23)15-13-14(7-8-16(15)19)21-18(25)20-9-6-12-22-10-4-2-3-5-11-22/h7-8,13H,2-6,9-12H2,1H3,(H2,20,21,25). The molecule has 0 radical (unpaired) electrons. The molecule has 0 saturated carbocycles. The highest BCUT2D eigenvalue weighted by Gasteiger charge is 2.12. The summed E-state index contributed by atoms with van der Waals surface area (Å²) in [7, 11) is 1.33. The van der Waals surface area contributed by atoms with Gasteiger partial charge in [0.1, 0.15) is 0 Å². The molecule has 1 saturated heterocycles. The van der Waals surface area contributed by atoms with Crippen LogP contribution in [0, 0.1) is 0 Å². The fourth-order valence-corrected chi connectivity index (χ4v) is 3.32. The summed E-state index contributed by atoms with van der Waals surface area (Å²) in [5.41, 5.74) is 1.02. The maximum absolute atomic E-state index is 11.7. The van der Waals surface area contributed by atoms with Crippen LogP contribution in [0.15, 0.2) is 18.2 Å². The first-order valence-corrected chi connectivity index (χ1v) is 9.54. The Hall–Kier alpha value is -1.37. The second-order valence-corrected chi connectivity index (χ2v) is 6.99. The quantitative estimate of drug-likeness (QED) is 0.444. The van der Waals surface area contributed by atoms with Gasteiger partial charge in [0.25, 0.3) is 0 Å². The molecule has 7 heteroatoms. The molecule has 1 heterocycles. The molecular weight excluding hydrogens is 358 g/mol. The van der Waals surface area contributed by atoms with Crippen LogP contribution in [-0.4, -0.2) is 49.3 Å². The summed E-state index contributed by atoms with van der Waals surface area (Å²) < 4.78 is 4.72. The van der Waals surface area contributed by atoms with Crippen molar-refractivity contribution in [3.8, 4) is 0 Å². The highest BCUT2D eigenvalue weighted by Crippen LogP contribution is 2.21. The molecule has 25 heavy (non-hydrogen) atoms. The van der Waals surface area contributed by atoms with Gasteiger partial charge >= 0.3 is 5.97 Å². The van der Waals surface area contributed by atoms with E-state index in [2.05, 4.69) is 15.5 Å². The normalized spacial score (nSPS) is 15.3. The van der Waals surface area contributed by atoms with Crippen molar-refractivity contribution < 1.29 is 9.53 Å². The van der Waals surface area contributed by atoms with Gasteiger partial charge in [-0.2, -0.15) is 0 Å². The Balaban J connectivity index is 1.73. The lowest BCUT2D eigenvalue weighted by atomic mass is 10.2. The van der Waals surface area contributed by atoms with E-state index in [0.717, 1.165) is 19.5 Å². The number of benzene rings is 1. The number of carbonyl (C=O) groups is 1. The van der Waals surface area contributed by atoms with Crippen LogP contribution in [0.25, 0.3) is 0 Å². The molecule has 5 nitrogen and oxygen atoms in total. The van der Waals surface area contributed by atoms with Crippen LogP contribution in [0.2, 0.25) is 5.02 Å². The van der Waals surface area contributed by atoms with Crippen LogP contribution in [0.1, 0.15) is 42.5 Å². The van der Waals surface area contributed by atoms with Crippen molar-refractivity contribution in [1.82, 2.24) is 10.2 Å². The van der Waals surface area contributed by atoms with E-state index in [1.165, 1.54) is 45.9 Å². The van der Waals surface area contributed by atoms with Crippen molar-refractivity contribution in [1.29, 1.82) is 0 Å². The fraction of sp³-hybridized carbons (Fsp3) is 0.556. The van der Waals surface area contributed by atoms with E-state index >= 15 is 0 Å². The molecule has 1 fully saturated rings. The Bertz CT molecular complexity index is 590. The average Bonchev–Trinajstić information content (AvgIpc) is 2.88. The molecule has 1 aliphatic heterocycles. The summed E-state index contributed by atoms with van der Waals surface area (Å²) in [6.07, 6.45) is 6.39. The zero-order valence-electron chi connectivity index (χ0n) is 14.6. The number of halogens is 1. The Morgan fingerprint density at radius 1 is 1.28 bits per heavy atom. The van der Waals surface area contributed by atoms with E-state index in [0.29, 0.717) is 21.4 Å². The summed E-state index contributed by atoms with van der Waals surface area (Å²) in [6, 6.07) is 5.07. The number of rotatable bonds is 6. The SMILES string of the molecule is COC(=O)c1cc(NC(=S)NCCCN2CCCCCC2)ccc1Cl. The molecule has 1 aromatic carbocycles. The Morgan fingerprint density at radius 3 is 2.68 bits per heavy atom. The molecule has 0 bridgehead atoms. The molecule has 0 aliphatic carbocycles. The number of nitrogens with one attached hydrogen (secondary N) is 2. The minimum Gasteiger partial charge on any atom is -0.465 e. The summed E-state index contributed by atoms with van der Waals surface area (Å²) in [5.74, 6) is -0.468. The van der Waals surface area contributed by atoms with E-state index in [1.807, 2.05) is 0 Å². The maximum Gasteiger partial charge on any atom is 0.339 e. The van der Waals surface area contributed by atoms with Crippen molar-refractivity contribution in [2.45, 2.75) is 32.1 Å². The topological polar surface area (TPSA) is 53.6 Å². The van der Waals surface area contributed by atoms with Crippen LogP contribution in [0.5, 0.6) is 0 Å². The number of thiocarbonyl (C=S) groups is 1. The first kappa shape index (κ1) is 19.9. The van der Waals surface area contributed by atoms with Crippen molar-refractivity contribution in [3.05, 3.63) is 28.8 Å². The minimum absolute atomic E-state index is 0.318. The number of likely N-dealkylation sites (tertiary alicyclic amines) is 1. The molecule has 0 atom stereocenters. The van der Waals surface area contributed by atoms with Gasteiger partial charge in [-0.3, -0.25) is 0 Å². The van der Waals surface area contributed by atoms with Crippen molar-refractivity contribution in [3.63, 3.8) is 0 Å². The van der Waals surface area contributed by atoms with Gasteiger partial charge in [-0.05, 0) is 69.3 Å². The van der Waals surface area contributed by atoms with Gasteiger partial charge in [0.05, 0.1) is 17.7 Å². The zero-order chi connectivity index (χ0) is 18.1. The fourth-order valence-electron chi connectivity index (χ4n) is 2.91. The lowest BCUT2D eigenvalue weighted by Crippen LogP contribution is -2.32. The molecule has 2 N–H and O–H groups in total.